The van der Waals surface area contributed by atoms with Crippen LogP contribution in [0.1, 0.15) is 32.3 Å². The summed E-state index contributed by atoms with van der Waals surface area (Å²) >= 11 is 0. The number of hydrogen-bond donors (Lipinski definition) is 0. The average molecular weight is 206 g/mol. The lowest BCUT2D eigenvalue weighted by molar-refractivity contribution is -0.235. The number of hydrogen-bond acceptors (Lipinski definition) is 2. The topological polar surface area (TPSA) is 18.5 Å². The number of rotatable bonds is 6. The Morgan fingerprint density at radius 1 is 1.27 bits per heavy atom. The molecule has 0 saturated carbocycles. The van der Waals surface area contributed by atoms with Crippen molar-refractivity contribution in [1.29, 1.82) is 0 Å². The standard InChI is InChI=1S/C13H18O2/c1-3-5-11-14-15-13(4-2)12-9-7-6-8-10-12/h4,6-10H,3,5,11H2,1-2H3. The van der Waals surface area contributed by atoms with Crippen LogP contribution in [0.3, 0.4) is 0 Å². The average Bonchev–Trinajstić information content (AvgIpc) is 2.30. The molecule has 0 atom stereocenters. The summed E-state index contributed by atoms with van der Waals surface area (Å²) in [5, 5.41) is 0. The van der Waals surface area contributed by atoms with E-state index in [4.69, 9.17) is 9.78 Å². The maximum atomic E-state index is 5.24. The predicted octanol–water partition coefficient (Wildman–Crippen LogP) is 3.80. The van der Waals surface area contributed by atoms with Crippen LogP contribution in [-0.2, 0) is 9.78 Å². The summed E-state index contributed by atoms with van der Waals surface area (Å²) in [6.45, 7) is 4.70. The molecule has 0 aromatic heterocycles. The smallest absolute Gasteiger partial charge is 0.168 e. The van der Waals surface area contributed by atoms with E-state index >= 15 is 0 Å². The summed E-state index contributed by atoms with van der Waals surface area (Å²) in [5.41, 5.74) is 1.04. The normalized spacial score (nSPS) is 11.5. The first-order valence-electron chi connectivity index (χ1n) is 5.39. The minimum atomic E-state index is 0.640. The molecule has 0 aliphatic carbocycles. The third-order valence-corrected chi connectivity index (χ3v) is 2.05. The number of allylic oxidation sites excluding steroid dienone is 1. The van der Waals surface area contributed by atoms with Crippen LogP contribution in [0.2, 0.25) is 0 Å². The van der Waals surface area contributed by atoms with E-state index in [1.807, 2.05) is 43.3 Å². The van der Waals surface area contributed by atoms with Gasteiger partial charge < -0.3 is 4.89 Å². The monoisotopic (exact) mass is 206 g/mol. The molecule has 0 aliphatic heterocycles. The Kier molecular flexibility index (Phi) is 5.56. The molecule has 0 bridgehead atoms. The summed E-state index contributed by atoms with van der Waals surface area (Å²) < 4.78 is 0. The van der Waals surface area contributed by atoms with Crippen LogP contribution in [-0.4, -0.2) is 6.61 Å². The fraction of sp³-hybridized carbons (Fsp3) is 0.385. The Bertz CT molecular complexity index is 291. The van der Waals surface area contributed by atoms with E-state index in [9.17, 15) is 0 Å². The van der Waals surface area contributed by atoms with Gasteiger partial charge >= 0.3 is 0 Å². The van der Waals surface area contributed by atoms with Crippen LogP contribution < -0.4 is 0 Å². The second-order valence-corrected chi connectivity index (χ2v) is 3.28. The van der Waals surface area contributed by atoms with Gasteiger partial charge in [0.05, 0.1) is 6.61 Å². The summed E-state index contributed by atoms with van der Waals surface area (Å²) in [5.74, 6) is 0.770. The lowest BCUT2D eigenvalue weighted by Crippen LogP contribution is -1.96. The highest BCUT2D eigenvalue weighted by Crippen LogP contribution is 2.15. The lowest BCUT2D eigenvalue weighted by atomic mass is 10.2. The van der Waals surface area contributed by atoms with Gasteiger partial charge in [-0.3, -0.25) is 0 Å². The molecule has 0 saturated heterocycles. The minimum absolute atomic E-state index is 0.640. The molecule has 0 radical (unpaired) electrons. The highest BCUT2D eigenvalue weighted by molar-refractivity contribution is 5.58. The van der Waals surface area contributed by atoms with Crippen molar-refractivity contribution in [1.82, 2.24) is 0 Å². The predicted molar refractivity (Wildman–Crippen MR) is 62.0 cm³/mol. The molecular weight excluding hydrogens is 188 g/mol. The van der Waals surface area contributed by atoms with Gasteiger partial charge in [-0.25, -0.2) is 0 Å². The SMILES string of the molecule is CC=C(OOCCCC)c1ccccc1. The van der Waals surface area contributed by atoms with Crippen LogP contribution in [0.4, 0.5) is 0 Å². The minimum Gasteiger partial charge on any atom is -0.337 e. The van der Waals surface area contributed by atoms with Crippen LogP contribution in [0.5, 0.6) is 0 Å². The highest BCUT2D eigenvalue weighted by Gasteiger charge is 2.01. The first kappa shape index (κ1) is 11.8. The van der Waals surface area contributed by atoms with Gasteiger partial charge in [-0.2, -0.15) is 4.89 Å². The number of benzene rings is 1. The Morgan fingerprint density at radius 2 is 2.00 bits per heavy atom. The van der Waals surface area contributed by atoms with E-state index in [2.05, 4.69) is 6.92 Å². The van der Waals surface area contributed by atoms with E-state index in [0.29, 0.717) is 6.61 Å². The van der Waals surface area contributed by atoms with Gasteiger partial charge in [0.2, 0.25) is 0 Å². The molecule has 82 valence electrons. The van der Waals surface area contributed by atoms with Gasteiger partial charge in [-0.05, 0) is 19.4 Å². The third kappa shape index (κ3) is 4.17. The van der Waals surface area contributed by atoms with Gasteiger partial charge in [0.25, 0.3) is 0 Å². The van der Waals surface area contributed by atoms with Crippen molar-refractivity contribution >= 4 is 5.76 Å². The Hall–Kier alpha value is -1.28. The van der Waals surface area contributed by atoms with E-state index in [-0.39, 0.29) is 0 Å². The zero-order valence-corrected chi connectivity index (χ0v) is 9.40. The largest absolute Gasteiger partial charge is 0.337 e. The lowest BCUT2D eigenvalue weighted by Gasteiger charge is -2.08. The van der Waals surface area contributed by atoms with E-state index in [0.717, 1.165) is 24.2 Å². The van der Waals surface area contributed by atoms with Crippen molar-refractivity contribution < 1.29 is 9.78 Å². The van der Waals surface area contributed by atoms with Gasteiger partial charge in [0.15, 0.2) is 5.76 Å². The zero-order chi connectivity index (χ0) is 10.9. The van der Waals surface area contributed by atoms with Crippen LogP contribution in [0.15, 0.2) is 36.4 Å². The summed E-state index contributed by atoms with van der Waals surface area (Å²) in [6.07, 6.45) is 4.03. The molecule has 0 heterocycles. The Balaban J connectivity index is 2.44. The second kappa shape index (κ2) is 7.07. The summed E-state index contributed by atoms with van der Waals surface area (Å²) in [6, 6.07) is 9.94. The molecule has 0 N–H and O–H groups in total. The molecule has 1 aromatic carbocycles. The molecule has 0 amide bonds. The number of unbranched alkanes of at least 4 members (excludes halogenated alkanes) is 1. The molecule has 0 aliphatic rings. The van der Waals surface area contributed by atoms with Gasteiger partial charge in [-0.1, -0.05) is 43.7 Å². The van der Waals surface area contributed by atoms with Gasteiger partial charge in [0, 0.05) is 5.56 Å². The highest BCUT2D eigenvalue weighted by atomic mass is 17.2. The van der Waals surface area contributed by atoms with Crippen LogP contribution in [0.25, 0.3) is 5.76 Å². The van der Waals surface area contributed by atoms with Crippen LogP contribution >= 0.6 is 0 Å². The maximum Gasteiger partial charge on any atom is 0.168 e. The first-order chi connectivity index (χ1) is 7.38. The van der Waals surface area contributed by atoms with E-state index < -0.39 is 0 Å². The van der Waals surface area contributed by atoms with Crippen molar-refractivity contribution in [3.63, 3.8) is 0 Å². The Morgan fingerprint density at radius 3 is 2.60 bits per heavy atom. The van der Waals surface area contributed by atoms with E-state index in [1.165, 1.54) is 0 Å². The zero-order valence-electron chi connectivity index (χ0n) is 9.40. The first-order valence-corrected chi connectivity index (χ1v) is 5.39. The molecule has 1 aromatic rings. The fourth-order valence-corrected chi connectivity index (χ4v) is 1.17. The second-order valence-electron chi connectivity index (χ2n) is 3.28. The molecule has 1 rings (SSSR count). The van der Waals surface area contributed by atoms with Crippen molar-refractivity contribution in [3.05, 3.63) is 42.0 Å². The molecule has 0 spiro atoms. The van der Waals surface area contributed by atoms with Gasteiger partial charge in [0.1, 0.15) is 0 Å². The van der Waals surface area contributed by atoms with Gasteiger partial charge in [-0.15, -0.1) is 0 Å². The summed E-state index contributed by atoms with van der Waals surface area (Å²) in [7, 11) is 0. The van der Waals surface area contributed by atoms with Crippen molar-refractivity contribution in [3.8, 4) is 0 Å². The van der Waals surface area contributed by atoms with Crippen molar-refractivity contribution in [2.45, 2.75) is 26.7 Å². The van der Waals surface area contributed by atoms with Crippen molar-refractivity contribution in [2.24, 2.45) is 0 Å². The third-order valence-electron chi connectivity index (χ3n) is 2.05. The molecular formula is C13H18O2. The summed E-state index contributed by atoms with van der Waals surface area (Å²) in [4.78, 5) is 10.4. The maximum absolute atomic E-state index is 5.24. The quantitative estimate of drug-likeness (QED) is 0.305. The molecule has 2 heteroatoms. The molecule has 15 heavy (non-hydrogen) atoms. The fourth-order valence-electron chi connectivity index (χ4n) is 1.17. The Labute approximate surface area is 91.5 Å². The molecule has 2 nitrogen and oxygen atoms in total. The molecule has 0 unspecified atom stereocenters. The van der Waals surface area contributed by atoms with Crippen molar-refractivity contribution in [2.75, 3.05) is 6.61 Å². The van der Waals surface area contributed by atoms with E-state index in [1.54, 1.807) is 0 Å². The van der Waals surface area contributed by atoms with Crippen LogP contribution in [0, 0.1) is 0 Å². The molecule has 0 fully saturated rings.